The Bertz CT molecular complexity index is 483. The molecular weight excluding hydrogens is 423 g/mol. The van der Waals surface area contributed by atoms with Gasteiger partial charge in [-0.15, -0.1) is 24.0 Å². The number of guanidine groups is 1. The molecule has 0 spiro atoms. The molecule has 1 aromatic rings. The van der Waals surface area contributed by atoms with Gasteiger partial charge < -0.3 is 10.6 Å². The first-order valence-corrected chi connectivity index (χ1v) is 8.22. The Hall–Kier alpha value is -0.580. The second-order valence-electron chi connectivity index (χ2n) is 4.97. The molecule has 0 bridgehead atoms. The van der Waals surface area contributed by atoms with Gasteiger partial charge in [-0.05, 0) is 25.5 Å². The summed E-state index contributed by atoms with van der Waals surface area (Å²) in [6, 6.07) is 0.392. The minimum Gasteiger partial charge on any atom is -0.354 e. The number of halogens is 3. The molecule has 1 fully saturated rings. The summed E-state index contributed by atoms with van der Waals surface area (Å²) in [7, 11) is 1.68. The lowest BCUT2D eigenvalue weighted by molar-refractivity contribution is 0.0668. The molecule has 1 heterocycles. The summed E-state index contributed by atoms with van der Waals surface area (Å²) in [6.07, 6.45) is 8.19. The Labute approximate surface area is 150 Å². The van der Waals surface area contributed by atoms with Crippen molar-refractivity contribution in [2.45, 2.75) is 43.6 Å². The molecule has 0 aliphatic heterocycles. The van der Waals surface area contributed by atoms with Crippen LogP contribution in [0.4, 0.5) is 8.78 Å². The highest BCUT2D eigenvalue weighted by molar-refractivity contribution is 14.0. The van der Waals surface area contributed by atoms with Crippen LogP contribution in [-0.2, 0) is 6.54 Å². The fraction of sp³-hybridized carbons (Fsp3) is 0.692. The quantitative estimate of drug-likeness (QED) is 0.416. The fourth-order valence-corrected chi connectivity index (χ4v) is 3.29. The summed E-state index contributed by atoms with van der Waals surface area (Å²) in [4.78, 5) is 8.07. The fourth-order valence-electron chi connectivity index (χ4n) is 2.49. The van der Waals surface area contributed by atoms with Crippen molar-refractivity contribution in [2.24, 2.45) is 4.99 Å². The smallest absolute Gasteiger partial charge is 0.319 e. The van der Waals surface area contributed by atoms with Crippen LogP contribution in [0.3, 0.4) is 0 Å². The lowest BCUT2D eigenvalue weighted by atomic mass is 10.2. The van der Waals surface area contributed by atoms with Crippen LogP contribution in [0.15, 0.2) is 17.4 Å². The van der Waals surface area contributed by atoms with Gasteiger partial charge in [0.05, 0.1) is 6.54 Å². The molecule has 1 aromatic heterocycles. The van der Waals surface area contributed by atoms with Crippen molar-refractivity contribution in [1.29, 1.82) is 0 Å². The van der Waals surface area contributed by atoms with Crippen molar-refractivity contribution in [3.8, 4) is 0 Å². The molecule has 0 aromatic carbocycles. The predicted octanol–water partition coefficient (Wildman–Crippen LogP) is 2.85. The summed E-state index contributed by atoms with van der Waals surface area (Å²) >= 11 is 1.89. The second kappa shape index (κ2) is 9.53. The van der Waals surface area contributed by atoms with Gasteiger partial charge in [-0.3, -0.25) is 9.56 Å². The average molecular weight is 445 g/mol. The second-order valence-corrected chi connectivity index (χ2v) is 6.10. The van der Waals surface area contributed by atoms with Crippen molar-refractivity contribution in [1.82, 2.24) is 20.2 Å². The summed E-state index contributed by atoms with van der Waals surface area (Å²) in [5.74, 6) is 0.923. The number of aliphatic imine (C=N–C) groups is 1. The van der Waals surface area contributed by atoms with Gasteiger partial charge in [-0.1, -0.05) is 0 Å². The van der Waals surface area contributed by atoms with E-state index in [4.69, 9.17) is 0 Å². The van der Waals surface area contributed by atoms with Crippen LogP contribution in [0.2, 0.25) is 0 Å². The van der Waals surface area contributed by atoms with Crippen molar-refractivity contribution < 1.29 is 8.78 Å². The van der Waals surface area contributed by atoms with Crippen LogP contribution in [0, 0.1) is 0 Å². The lowest BCUT2D eigenvalue weighted by Gasteiger charge is -2.17. The number of thioether (sulfide) groups is 1. The number of aromatic nitrogens is 2. The normalized spacial score (nSPS) is 21.8. The highest BCUT2D eigenvalue weighted by atomic mass is 127. The van der Waals surface area contributed by atoms with Crippen molar-refractivity contribution in [3.63, 3.8) is 0 Å². The standard InChI is InChI=1S/C13H21F2N5S.HI/c1-16-13(19-9-3-4-10(7-9)21-2)18-8-11-17-5-6-20(11)12(14)15;/h5-6,9-10,12H,3-4,7-8H2,1-2H3,(H2,16,18,19);1H. The topological polar surface area (TPSA) is 54.2 Å². The first-order valence-electron chi connectivity index (χ1n) is 6.94. The van der Waals surface area contributed by atoms with E-state index < -0.39 is 6.55 Å². The molecule has 1 aliphatic carbocycles. The highest BCUT2D eigenvalue weighted by Gasteiger charge is 2.24. The Morgan fingerprint density at radius 2 is 2.32 bits per heavy atom. The Morgan fingerprint density at radius 1 is 1.55 bits per heavy atom. The zero-order chi connectivity index (χ0) is 15.2. The van der Waals surface area contributed by atoms with Gasteiger partial charge in [-0.2, -0.15) is 20.5 Å². The first-order chi connectivity index (χ1) is 10.1. The van der Waals surface area contributed by atoms with Crippen molar-refractivity contribution in [2.75, 3.05) is 13.3 Å². The SMILES string of the molecule is CN=C(NCc1nccn1C(F)F)NC1CCC(SC)C1.I. The summed E-state index contributed by atoms with van der Waals surface area (Å²) in [5.41, 5.74) is 0. The van der Waals surface area contributed by atoms with Crippen LogP contribution in [0.25, 0.3) is 0 Å². The number of nitrogens with one attached hydrogen (secondary N) is 2. The molecule has 0 radical (unpaired) electrons. The van der Waals surface area contributed by atoms with Crippen LogP contribution in [0.5, 0.6) is 0 Å². The van der Waals surface area contributed by atoms with Crippen LogP contribution >= 0.6 is 35.7 Å². The number of nitrogens with zero attached hydrogens (tertiary/aromatic N) is 3. The molecule has 2 N–H and O–H groups in total. The van der Waals surface area contributed by atoms with Gasteiger partial charge in [-0.25, -0.2) is 4.98 Å². The summed E-state index contributed by atoms with van der Waals surface area (Å²) < 4.78 is 26.3. The third-order valence-electron chi connectivity index (χ3n) is 3.66. The van der Waals surface area contributed by atoms with E-state index in [-0.39, 0.29) is 30.5 Å². The summed E-state index contributed by atoms with van der Waals surface area (Å²) in [6.45, 7) is -2.35. The van der Waals surface area contributed by atoms with Gasteiger partial charge in [0, 0.05) is 30.7 Å². The minimum atomic E-state index is -2.57. The van der Waals surface area contributed by atoms with Crippen LogP contribution in [0.1, 0.15) is 31.6 Å². The molecule has 22 heavy (non-hydrogen) atoms. The number of hydrogen-bond acceptors (Lipinski definition) is 3. The number of hydrogen-bond donors (Lipinski definition) is 2. The van der Waals surface area contributed by atoms with Crippen LogP contribution in [-0.4, -0.2) is 40.1 Å². The van der Waals surface area contributed by atoms with Gasteiger partial charge in [0.2, 0.25) is 0 Å². The number of imidazole rings is 1. The third-order valence-corrected chi connectivity index (χ3v) is 4.75. The molecular formula is C13H22F2IN5S. The Kier molecular flexibility index (Phi) is 8.44. The molecule has 9 heteroatoms. The first kappa shape index (κ1) is 19.5. The molecule has 2 rings (SSSR count). The number of rotatable bonds is 5. The largest absolute Gasteiger partial charge is 0.354 e. The van der Waals surface area contributed by atoms with Crippen molar-refractivity contribution in [3.05, 3.63) is 18.2 Å². The van der Waals surface area contributed by atoms with Crippen LogP contribution < -0.4 is 10.6 Å². The maximum Gasteiger partial charge on any atom is 0.319 e. The van der Waals surface area contributed by atoms with Crippen molar-refractivity contribution >= 4 is 41.7 Å². The van der Waals surface area contributed by atoms with Gasteiger partial charge in [0.25, 0.3) is 0 Å². The number of alkyl halides is 2. The van der Waals surface area contributed by atoms with E-state index in [9.17, 15) is 8.78 Å². The van der Waals surface area contributed by atoms with E-state index in [0.29, 0.717) is 23.1 Å². The Morgan fingerprint density at radius 3 is 2.91 bits per heavy atom. The maximum atomic E-state index is 12.7. The minimum absolute atomic E-state index is 0. The van der Waals surface area contributed by atoms with Gasteiger partial charge >= 0.3 is 6.55 Å². The highest BCUT2D eigenvalue weighted by Crippen LogP contribution is 2.28. The van der Waals surface area contributed by atoms with Gasteiger partial charge in [0.1, 0.15) is 5.82 Å². The average Bonchev–Trinajstić information content (AvgIpc) is 3.12. The lowest BCUT2D eigenvalue weighted by Crippen LogP contribution is -2.42. The molecule has 1 saturated carbocycles. The zero-order valence-corrected chi connectivity index (χ0v) is 15.8. The molecule has 1 aliphatic rings. The predicted molar refractivity (Wildman–Crippen MR) is 97.2 cm³/mol. The van der Waals surface area contributed by atoms with E-state index in [2.05, 4.69) is 26.9 Å². The van der Waals surface area contributed by atoms with Gasteiger partial charge in [0.15, 0.2) is 5.96 Å². The van der Waals surface area contributed by atoms with E-state index in [1.807, 2.05) is 11.8 Å². The monoisotopic (exact) mass is 445 g/mol. The molecule has 126 valence electrons. The molecule has 0 saturated heterocycles. The Balaban J connectivity index is 0.00000242. The summed E-state index contributed by atoms with van der Waals surface area (Å²) in [5, 5.41) is 7.08. The molecule has 5 nitrogen and oxygen atoms in total. The maximum absolute atomic E-state index is 12.7. The third kappa shape index (κ3) is 5.25. The van der Waals surface area contributed by atoms with E-state index in [1.165, 1.54) is 18.8 Å². The molecule has 0 amide bonds. The molecule has 2 unspecified atom stereocenters. The van der Waals surface area contributed by atoms with E-state index >= 15 is 0 Å². The van der Waals surface area contributed by atoms with E-state index in [1.54, 1.807) is 7.05 Å². The molecule has 2 atom stereocenters. The zero-order valence-electron chi connectivity index (χ0n) is 12.6. The van der Waals surface area contributed by atoms with E-state index in [0.717, 1.165) is 17.4 Å².